The maximum Gasteiger partial charge on any atom is 0.221 e. The maximum atomic E-state index is 10.9. The molecule has 0 saturated carbocycles. The molecule has 0 spiro atoms. The Morgan fingerprint density at radius 3 is 2.84 bits per heavy atom. The minimum atomic E-state index is -0.120. The van der Waals surface area contributed by atoms with E-state index in [4.69, 9.17) is 10.1 Å². The molecular formula is C12H11N5O2. The second kappa shape index (κ2) is 5.70. The fourth-order valence-corrected chi connectivity index (χ4v) is 1.55. The summed E-state index contributed by atoms with van der Waals surface area (Å²) in [5.41, 5.74) is 10.4. The lowest BCUT2D eigenvalue weighted by Gasteiger charge is -2.02. The molecule has 7 heteroatoms. The molecule has 0 bridgehead atoms. The average molecular weight is 257 g/mol. The Bertz CT molecular complexity index is 626. The fourth-order valence-electron chi connectivity index (χ4n) is 1.55. The van der Waals surface area contributed by atoms with E-state index in [1.54, 1.807) is 18.2 Å². The Kier molecular flexibility index (Phi) is 3.80. The minimum absolute atomic E-state index is 0.120. The Morgan fingerprint density at radius 1 is 1.47 bits per heavy atom. The van der Waals surface area contributed by atoms with Crippen LogP contribution in [0.25, 0.3) is 21.7 Å². The first-order valence-electron chi connectivity index (χ1n) is 5.53. The summed E-state index contributed by atoms with van der Waals surface area (Å²) in [5, 5.41) is 9.96. The average Bonchev–Trinajstić information content (AvgIpc) is 2.85. The number of rotatable bonds is 4. The minimum Gasteiger partial charge on any atom is -0.361 e. The highest BCUT2D eigenvalue weighted by atomic mass is 16.5. The highest BCUT2D eigenvalue weighted by Crippen LogP contribution is 2.21. The lowest BCUT2D eigenvalue weighted by molar-refractivity contribution is -0.114. The molecule has 1 N–H and O–H groups in total. The van der Waals surface area contributed by atoms with Crippen LogP contribution < -0.4 is 5.32 Å². The largest absolute Gasteiger partial charge is 0.361 e. The van der Waals surface area contributed by atoms with Gasteiger partial charge in [-0.2, -0.15) is 0 Å². The summed E-state index contributed by atoms with van der Waals surface area (Å²) in [4.78, 5) is 13.5. The number of aromatic nitrogens is 1. The molecule has 0 aliphatic rings. The van der Waals surface area contributed by atoms with Crippen molar-refractivity contribution < 1.29 is 9.32 Å². The molecule has 0 saturated heterocycles. The number of benzene rings is 1. The monoisotopic (exact) mass is 257 g/mol. The van der Waals surface area contributed by atoms with Crippen LogP contribution in [0.4, 0.5) is 5.69 Å². The van der Waals surface area contributed by atoms with Gasteiger partial charge in [-0.15, -0.1) is 0 Å². The quantitative estimate of drug-likeness (QED) is 0.516. The number of hydrogen-bond donors (Lipinski definition) is 1. The van der Waals surface area contributed by atoms with E-state index in [1.165, 1.54) is 6.92 Å². The molecule has 0 aliphatic carbocycles. The van der Waals surface area contributed by atoms with E-state index in [0.717, 1.165) is 5.56 Å². The molecule has 1 heterocycles. The molecule has 19 heavy (non-hydrogen) atoms. The van der Waals surface area contributed by atoms with Crippen molar-refractivity contribution in [2.75, 3.05) is 5.32 Å². The van der Waals surface area contributed by atoms with Crippen LogP contribution in [0.1, 0.15) is 12.7 Å². The first-order chi connectivity index (χ1) is 9.19. The van der Waals surface area contributed by atoms with E-state index in [-0.39, 0.29) is 12.5 Å². The van der Waals surface area contributed by atoms with Crippen LogP contribution in [0.15, 0.2) is 40.0 Å². The number of carbonyl (C=O) groups is 1. The fraction of sp³-hybridized carbons (Fsp3) is 0.167. The zero-order chi connectivity index (χ0) is 13.7. The molecule has 2 rings (SSSR count). The van der Waals surface area contributed by atoms with Crippen molar-refractivity contribution >= 4 is 11.6 Å². The summed E-state index contributed by atoms with van der Waals surface area (Å²) in [6.45, 7) is 1.58. The molecule has 0 radical (unpaired) electrons. The molecule has 0 unspecified atom stereocenters. The van der Waals surface area contributed by atoms with Gasteiger partial charge in [0.1, 0.15) is 11.5 Å². The lowest BCUT2D eigenvalue weighted by atomic mass is 10.1. The molecule has 1 amide bonds. The number of azide groups is 1. The van der Waals surface area contributed by atoms with E-state index in [0.29, 0.717) is 17.1 Å². The van der Waals surface area contributed by atoms with Gasteiger partial charge in [0, 0.05) is 29.2 Å². The van der Waals surface area contributed by atoms with E-state index in [9.17, 15) is 4.79 Å². The van der Waals surface area contributed by atoms with Gasteiger partial charge in [-0.05, 0) is 17.7 Å². The SMILES string of the molecule is CC(=O)Nc1ccc(-c2cc(CN=[N+]=[N-])on2)cc1. The third kappa shape index (κ3) is 3.34. The van der Waals surface area contributed by atoms with Gasteiger partial charge in [0.05, 0.1) is 6.54 Å². The first-order valence-corrected chi connectivity index (χ1v) is 5.53. The van der Waals surface area contributed by atoms with Crippen molar-refractivity contribution in [3.05, 3.63) is 46.5 Å². The predicted molar refractivity (Wildman–Crippen MR) is 69.1 cm³/mol. The van der Waals surface area contributed by atoms with Gasteiger partial charge in [0.25, 0.3) is 0 Å². The van der Waals surface area contributed by atoms with Crippen molar-refractivity contribution in [3.63, 3.8) is 0 Å². The molecule has 2 aromatic rings. The Balaban J connectivity index is 2.15. The number of hydrogen-bond acceptors (Lipinski definition) is 4. The smallest absolute Gasteiger partial charge is 0.221 e. The van der Waals surface area contributed by atoms with Crippen LogP contribution in [-0.4, -0.2) is 11.1 Å². The molecular weight excluding hydrogens is 246 g/mol. The summed E-state index contributed by atoms with van der Waals surface area (Å²) >= 11 is 0. The van der Waals surface area contributed by atoms with E-state index in [2.05, 4.69) is 20.5 Å². The number of anilines is 1. The zero-order valence-electron chi connectivity index (χ0n) is 10.2. The summed E-state index contributed by atoms with van der Waals surface area (Å²) in [5.74, 6) is 0.379. The maximum absolute atomic E-state index is 10.9. The summed E-state index contributed by atoms with van der Waals surface area (Å²) in [6, 6.07) is 8.90. The van der Waals surface area contributed by atoms with E-state index < -0.39 is 0 Å². The number of carbonyl (C=O) groups excluding carboxylic acids is 1. The van der Waals surface area contributed by atoms with Crippen molar-refractivity contribution in [3.8, 4) is 11.3 Å². The van der Waals surface area contributed by atoms with Gasteiger partial charge in [0.2, 0.25) is 5.91 Å². The van der Waals surface area contributed by atoms with Gasteiger partial charge in [-0.3, -0.25) is 4.79 Å². The van der Waals surface area contributed by atoms with Gasteiger partial charge < -0.3 is 9.84 Å². The molecule has 0 aliphatic heterocycles. The van der Waals surface area contributed by atoms with Crippen LogP contribution in [0.5, 0.6) is 0 Å². The Hall–Kier alpha value is -2.79. The number of nitrogens with one attached hydrogen (secondary N) is 1. The van der Waals surface area contributed by atoms with Crippen LogP contribution in [0.3, 0.4) is 0 Å². The standard InChI is InChI=1S/C12H11N5O2/c1-8(18)15-10-4-2-9(3-5-10)12-6-11(19-16-12)7-14-17-13/h2-6H,7H2,1H3,(H,15,18). The first kappa shape index (κ1) is 12.7. The molecule has 96 valence electrons. The van der Waals surface area contributed by atoms with Crippen LogP contribution in [0.2, 0.25) is 0 Å². The van der Waals surface area contributed by atoms with Crippen molar-refractivity contribution in [2.45, 2.75) is 13.5 Å². The van der Waals surface area contributed by atoms with Crippen LogP contribution in [0, 0.1) is 0 Å². The van der Waals surface area contributed by atoms with Crippen molar-refractivity contribution in [2.24, 2.45) is 5.11 Å². The zero-order valence-corrected chi connectivity index (χ0v) is 10.2. The summed E-state index contributed by atoms with van der Waals surface area (Å²) in [6.07, 6.45) is 0. The van der Waals surface area contributed by atoms with Crippen LogP contribution in [-0.2, 0) is 11.3 Å². The van der Waals surface area contributed by atoms with Crippen molar-refractivity contribution in [1.29, 1.82) is 0 Å². The Labute approximate surface area is 108 Å². The molecule has 1 aromatic carbocycles. The van der Waals surface area contributed by atoms with E-state index in [1.807, 2.05) is 12.1 Å². The van der Waals surface area contributed by atoms with E-state index >= 15 is 0 Å². The van der Waals surface area contributed by atoms with Gasteiger partial charge in [-0.1, -0.05) is 22.4 Å². The lowest BCUT2D eigenvalue weighted by Crippen LogP contribution is -2.05. The molecule has 1 aromatic heterocycles. The highest BCUT2D eigenvalue weighted by Gasteiger charge is 2.06. The topological polar surface area (TPSA) is 104 Å². The van der Waals surface area contributed by atoms with Gasteiger partial charge in [0.15, 0.2) is 0 Å². The van der Waals surface area contributed by atoms with Crippen LogP contribution >= 0.6 is 0 Å². The third-order valence-electron chi connectivity index (χ3n) is 2.35. The predicted octanol–water partition coefficient (Wildman–Crippen LogP) is 3.11. The second-order valence-electron chi connectivity index (χ2n) is 3.83. The molecule has 7 nitrogen and oxygen atoms in total. The second-order valence-corrected chi connectivity index (χ2v) is 3.83. The van der Waals surface area contributed by atoms with Gasteiger partial charge >= 0.3 is 0 Å². The number of nitrogens with zero attached hydrogens (tertiary/aromatic N) is 4. The van der Waals surface area contributed by atoms with Crippen molar-refractivity contribution in [1.82, 2.24) is 5.16 Å². The van der Waals surface area contributed by atoms with Gasteiger partial charge in [-0.25, -0.2) is 0 Å². The summed E-state index contributed by atoms with van der Waals surface area (Å²) < 4.78 is 5.03. The molecule has 0 fully saturated rings. The summed E-state index contributed by atoms with van der Waals surface area (Å²) in [7, 11) is 0. The number of amides is 1. The highest BCUT2D eigenvalue weighted by molar-refractivity contribution is 5.88. The Morgan fingerprint density at radius 2 is 2.21 bits per heavy atom. The normalized spacial score (nSPS) is 9.74. The molecule has 0 atom stereocenters. The third-order valence-corrected chi connectivity index (χ3v) is 2.35.